The van der Waals surface area contributed by atoms with Crippen LogP contribution in [0.1, 0.15) is 58.8 Å². The Balaban J connectivity index is 2.07. The Morgan fingerprint density at radius 3 is 2.45 bits per heavy atom. The van der Waals surface area contributed by atoms with Crippen LogP contribution in [-0.2, 0) is 0 Å². The predicted octanol–water partition coefficient (Wildman–Crippen LogP) is 3.96. The maximum Gasteiger partial charge on any atom is -0.0272 e. The molecule has 1 aliphatic carbocycles. The minimum Gasteiger partial charge on any atom is -0.0654 e. The Morgan fingerprint density at radius 2 is 1.91 bits per heavy atom. The molecule has 0 saturated heterocycles. The first kappa shape index (κ1) is 9.09. The lowest BCUT2D eigenvalue weighted by atomic mass is 9.81. The number of rotatable bonds is 3. The second-order valence-corrected chi connectivity index (χ2v) is 4.04. The van der Waals surface area contributed by atoms with Crippen molar-refractivity contribution in [2.75, 3.05) is 0 Å². The van der Waals surface area contributed by atoms with Gasteiger partial charge in [-0.05, 0) is 37.5 Å². The Labute approximate surface area is 71.4 Å². The van der Waals surface area contributed by atoms with Crippen molar-refractivity contribution < 1.29 is 0 Å². The lowest BCUT2D eigenvalue weighted by molar-refractivity contribution is 0.349. The fourth-order valence-corrected chi connectivity index (χ4v) is 1.95. The second kappa shape index (κ2) is 4.79. The van der Waals surface area contributed by atoms with Gasteiger partial charge in [-0.1, -0.05) is 33.1 Å². The van der Waals surface area contributed by atoms with E-state index in [9.17, 15) is 0 Å². The zero-order valence-electron chi connectivity index (χ0n) is 8.03. The van der Waals surface area contributed by atoms with E-state index in [1.165, 1.54) is 44.9 Å². The monoisotopic (exact) mass is 153 g/mol. The predicted molar refractivity (Wildman–Crippen MR) is 50.4 cm³/mol. The van der Waals surface area contributed by atoms with Gasteiger partial charge in [0.05, 0.1) is 0 Å². The number of unbranched alkanes of at least 4 members (excludes halogenated alkanes) is 1. The third kappa shape index (κ3) is 3.27. The zero-order valence-corrected chi connectivity index (χ0v) is 8.03. The summed E-state index contributed by atoms with van der Waals surface area (Å²) < 4.78 is 0. The standard InChI is InChI=1S/C11H21/c1-3-4-5-11-8-6-10(2)7-9-11/h11H,3-9H2,1-2H3. The van der Waals surface area contributed by atoms with Crippen molar-refractivity contribution in [1.29, 1.82) is 0 Å². The SMILES string of the molecule is CCCCC1CC[C](C)CC1. The molecule has 0 aromatic carbocycles. The third-order valence-corrected chi connectivity index (χ3v) is 2.92. The van der Waals surface area contributed by atoms with E-state index in [4.69, 9.17) is 0 Å². The molecule has 0 heteroatoms. The second-order valence-electron chi connectivity index (χ2n) is 4.04. The van der Waals surface area contributed by atoms with Crippen LogP contribution in [-0.4, -0.2) is 0 Å². The molecule has 1 fully saturated rings. The first-order valence-corrected chi connectivity index (χ1v) is 5.14. The highest BCUT2D eigenvalue weighted by atomic mass is 14.2. The van der Waals surface area contributed by atoms with Crippen molar-refractivity contribution in [1.82, 2.24) is 0 Å². The van der Waals surface area contributed by atoms with E-state index in [1.807, 2.05) is 0 Å². The lowest BCUT2D eigenvalue weighted by Crippen LogP contribution is -2.10. The van der Waals surface area contributed by atoms with Crippen LogP contribution in [0.15, 0.2) is 0 Å². The van der Waals surface area contributed by atoms with Crippen molar-refractivity contribution in [3.05, 3.63) is 5.92 Å². The summed E-state index contributed by atoms with van der Waals surface area (Å²) in [5.74, 6) is 2.80. The topological polar surface area (TPSA) is 0 Å². The fourth-order valence-electron chi connectivity index (χ4n) is 1.95. The Bertz CT molecular complexity index is 85.5. The maximum atomic E-state index is 2.32. The van der Waals surface area contributed by atoms with Crippen LogP contribution in [0.4, 0.5) is 0 Å². The molecule has 0 aromatic heterocycles. The number of hydrogen-bond donors (Lipinski definition) is 0. The minimum atomic E-state index is 1.07. The van der Waals surface area contributed by atoms with Gasteiger partial charge in [0, 0.05) is 0 Å². The molecule has 65 valence electrons. The normalized spacial score (nSPS) is 22.4. The molecule has 11 heavy (non-hydrogen) atoms. The van der Waals surface area contributed by atoms with Crippen LogP contribution in [0, 0.1) is 11.8 Å². The molecule has 0 bridgehead atoms. The third-order valence-electron chi connectivity index (χ3n) is 2.92. The Morgan fingerprint density at radius 1 is 1.27 bits per heavy atom. The van der Waals surface area contributed by atoms with Crippen molar-refractivity contribution in [3.8, 4) is 0 Å². The Kier molecular flexibility index (Phi) is 3.96. The lowest BCUT2D eigenvalue weighted by Gasteiger charge is -2.25. The van der Waals surface area contributed by atoms with Gasteiger partial charge in [0.15, 0.2) is 0 Å². The number of hydrogen-bond acceptors (Lipinski definition) is 0. The van der Waals surface area contributed by atoms with Gasteiger partial charge < -0.3 is 0 Å². The van der Waals surface area contributed by atoms with Crippen molar-refractivity contribution in [2.45, 2.75) is 58.8 Å². The molecule has 0 spiro atoms. The summed E-state index contributed by atoms with van der Waals surface area (Å²) in [7, 11) is 0. The van der Waals surface area contributed by atoms with Crippen molar-refractivity contribution >= 4 is 0 Å². The van der Waals surface area contributed by atoms with E-state index in [1.54, 1.807) is 5.92 Å². The van der Waals surface area contributed by atoms with Crippen LogP contribution in [0.5, 0.6) is 0 Å². The molecule has 1 radical (unpaired) electrons. The fraction of sp³-hybridized carbons (Fsp3) is 0.909. The summed E-state index contributed by atoms with van der Waals surface area (Å²) in [4.78, 5) is 0. The molecule has 0 atom stereocenters. The molecular weight excluding hydrogens is 132 g/mol. The quantitative estimate of drug-likeness (QED) is 0.575. The van der Waals surface area contributed by atoms with Crippen LogP contribution < -0.4 is 0 Å². The zero-order chi connectivity index (χ0) is 8.10. The van der Waals surface area contributed by atoms with Gasteiger partial charge in [-0.3, -0.25) is 0 Å². The van der Waals surface area contributed by atoms with Crippen molar-refractivity contribution in [2.24, 2.45) is 5.92 Å². The van der Waals surface area contributed by atoms with Gasteiger partial charge in [0.1, 0.15) is 0 Å². The molecular formula is C11H21. The molecule has 0 nitrogen and oxygen atoms in total. The highest BCUT2D eigenvalue weighted by Gasteiger charge is 2.17. The molecule has 0 N–H and O–H groups in total. The van der Waals surface area contributed by atoms with E-state index in [0.29, 0.717) is 0 Å². The van der Waals surface area contributed by atoms with Crippen molar-refractivity contribution in [3.63, 3.8) is 0 Å². The minimum absolute atomic E-state index is 1.07. The van der Waals surface area contributed by atoms with Crippen LogP contribution >= 0.6 is 0 Å². The van der Waals surface area contributed by atoms with Gasteiger partial charge in [-0.25, -0.2) is 0 Å². The van der Waals surface area contributed by atoms with Gasteiger partial charge >= 0.3 is 0 Å². The average molecular weight is 153 g/mol. The Hall–Kier alpha value is 0. The first-order chi connectivity index (χ1) is 5.33. The van der Waals surface area contributed by atoms with E-state index in [0.717, 1.165) is 5.92 Å². The van der Waals surface area contributed by atoms with E-state index in [-0.39, 0.29) is 0 Å². The average Bonchev–Trinajstić information content (AvgIpc) is 2.04. The smallest absolute Gasteiger partial charge is 0.0272 e. The highest BCUT2D eigenvalue weighted by molar-refractivity contribution is 4.89. The molecule has 0 amide bonds. The van der Waals surface area contributed by atoms with E-state index >= 15 is 0 Å². The largest absolute Gasteiger partial charge is 0.0654 e. The summed E-state index contributed by atoms with van der Waals surface area (Å²) >= 11 is 0. The van der Waals surface area contributed by atoms with E-state index < -0.39 is 0 Å². The van der Waals surface area contributed by atoms with E-state index in [2.05, 4.69) is 13.8 Å². The summed E-state index contributed by atoms with van der Waals surface area (Å²) in [6.07, 6.45) is 10.1. The van der Waals surface area contributed by atoms with Crippen LogP contribution in [0.3, 0.4) is 0 Å². The maximum absolute atomic E-state index is 2.32. The summed E-state index contributed by atoms with van der Waals surface area (Å²) in [5.41, 5.74) is 0. The highest BCUT2D eigenvalue weighted by Crippen LogP contribution is 2.32. The summed E-state index contributed by atoms with van der Waals surface area (Å²) in [6.45, 7) is 4.61. The van der Waals surface area contributed by atoms with Gasteiger partial charge in [-0.2, -0.15) is 0 Å². The molecule has 0 aliphatic heterocycles. The van der Waals surface area contributed by atoms with Crippen LogP contribution in [0.25, 0.3) is 0 Å². The van der Waals surface area contributed by atoms with Gasteiger partial charge in [-0.15, -0.1) is 0 Å². The molecule has 1 aliphatic rings. The molecule has 0 aromatic rings. The first-order valence-electron chi connectivity index (χ1n) is 5.14. The summed E-state index contributed by atoms with van der Waals surface area (Å²) in [6, 6.07) is 0. The van der Waals surface area contributed by atoms with Crippen LogP contribution in [0.2, 0.25) is 0 Å². The molecule has 0 unspecified atom stereocenters. The molecule has 1 saturated carbocycles. The molecule has 1 rings (SSSR count). The molecule has 0 heterocycles. The summed E-state index contributed by atoms with van der Waals surface area (Å²) in [5, 5.41) is 0. The van der Waals surface area contributed by atoms with Gasteiger partial charge in [0.2, 0.25) is 0 Å². The van der Waals surface area contributed by atoms with Gasteiger partial charge in [0.25, 0.3) is 0 Å².